The molecule has 1 fully saturated rings. The number of carbonyl (C=O) groups is 2. The molecule has 1 aliphatic heterocycles. The highest BCUT2D eigenvalue weighted by molar-refractivity contribution is 5.88. The molecule has 1 aliphatic rings. The van der Waals surface area contributed by atoms with Crippen molar-refractivity contribution in [3.63, 3.8) is 0 Å². The van der Waals surface area contributed by atoms with Gasteiger partial charge in [0.05, 0.1) is 6.10 Å². The summed E-state index contributed by atoms with van der Waals surface area (Å²) in [6, 6.07) is 3.73. The highest BCUT2D eigenvalue weighted by atomic mass is 16.7. The average Bonchev–Trinajstić information content (AvgIpc) is 2.83. The maximum atomic E-state index is 13.5. The largest absolute Gasteiger partial charge is 0.508 e. The Morgan fingerprint density at radius 2 is 1.46 bits per heavy atom. The van der Waals surface area contributed by atoms with E-state index in [1.165, 1.54) is 6.92 Å². The van der Waals surface area contributed by atoms with E-state index < -0.39 is 93.7 Å². The number of aliphatic hydroxyl groups is 1. The zero-order valence-electron chi connectivity index (χ0n) is 20.6. The Bertz CT molecular complexity index is 1490. The van der Waals surface area contributed by atoms with Crippen molar-refractivity contribution in [3.8, 4) is 45.8 Å². The average molecular weight is 548 g/mol. The van der Waals surface area contributed by atoms with Crippen LogP contribution in [-0.4, -0.2) is 73.3 Å². The third-order valence-corrected chi connectivity index (χ3v) is 5.84. The first-order valence-corrected chi connectivity index (χ1v) is 11.4. The van der Waals surface area contributed by atoms with Crippen molar-refractivity contribution in [2.45, 2.75) is 51.5 Å². The van der Waals surface area contributed by atoms with E-state index in [0.717, 1.165) is 38.1 Å². The number of esters is 2. The Kier molecular flexibility index (Phi) is 7.17. The number of benzene rings is 2. The van der Waals surface area contributed by atoms with Crippen LogP contribution in [0.2, 0.25) is 0 Å². The Hall–Kier alpha value is -4.69. The number of fused-ring (bicyclic) bond motifs is 1. The number of aromatic hydroxyl groups is 5. The van der Waals surface area contributed by atoms with Crippen molar-refractivity contribution >= 4 is 22.9 Å². The standard InChI is InChI=1S/C25H24O14/c1-8-21(36-9(2)26)24(37-10(3)27)20(34)25(35-8)39-23-19(33)17-13(29)6-12(28)7-16(17)38-22(23)11-4-14(30)18(32)15(31)5-11/h4-8,20-21,24-25,28-32,34H,1-3H3/t8-,20+,21-,24-,25-/m0/s1. The second-order valence-electron chi connectivity index (χ2n) is 8.76. The van der Waals surface area contributed by atoms with Crippen LogP contribution in [0.15, 0.2) is 33.5 Å². The number of ether oxygens (including phenoxy) is 4. The molecule has 1 saturated heterocycles. The SMILES string of the molecule is CC(=O)O[C@@H]1[C@@H](OC(C)=O)[C@@H](O)[C@H](Oc2c(-c3cc(O)c(O)c(O)c3)oc3cc(O)cc(O)c3c2=O)O[C@H]1C. The van der Waals surface area contributed by atoms with Crippen molar-refractivity contribution in [2.24, 2.45) is 0 Å². The van der Waals surface area contributed by atoms with Crippen LogP contribution < -0.4 is 10.2 Å². The van der Waals surface area contributed by atoms with Crippen molar-refractivity contribution in [1.29, 1.82) is 0 Å². The molecule has 2 aromatic carbocycles. The molecule has 0 aliphatic carbocycles. The van der Waals surface area contributed by atoms with Crippen LogP contribution >= 0.6 is 0 Å². The highest BCUT2D eigenvalue weighted by Crippen LogP contribution is 2.43. The molecule has 0 bridgehead atoms. The van der Waals surface area contributed by atoms with Crippen molar-refractivity contribution in [2.75, 3.05) is 0 Å². The molecule has 39 heavy (non-hydrogen) atoms. The molecular weight excluding hydrogens is 524 g/mol. The van der Waals surface area contributed by atoms with E-state index in [4.69, 9.17) is 23.4 Å². The molecule has 14 nitrogen and oxygen atoms in total. The second kappa shape index (κ2) is 10.2. The topological polar surface area (TPSA) is 223 Å². The highest BCUT2D eigenvalue weighted by Gasteiger charge is 2.49. The summed E-state index contributed by atoms with van der Waals surface area (Å²) in [7, 11) is 0. The summed E-state index contributed by atoms with van der Waals surface area (Å²) in [6.07, 6.45) is -7.33. The summed E-state index contributed by atoms with van der Waals surface area (Å²) in [5.74, 6) is -6.33. The van der Waals surface area contributed by atoms with Gasteiger partial charge in [-0.15, -0.1) is 0 Å². The summed E-state index contributed by atoms with van der Waals surface area (Å²) in [5, 5.41) is 60.5. The summed E-state index contributed by atoms with van der Waals surface area (Å²) in [5.41, 5.74) is -1.55. The summed E-state index contributed by atoms with van der Waals surface area (Å²) in [4.78, 5) is 36.8. The first-order chi connectivity index (χ1) is 18.3. The van der Waals surface area contributed by atoms with Crippen LogP contribution in [0.3, 0.4) is 0 Å². The van der Waals surface area contributed by atoms with E-state index in [1.807, 2.05) is 0 Å². The minimum atomic E-state index is -1.83. The Morgan fingerprint density at radius 3 is 2.05 bits per heavy atom. The fourth-order valence-electron chi connectivity index (χ4n) is 4.18. The van der Waals surface area contributed by atoms with Crippen LogP contribution in [0, 0.1) is 0 Å². The van der Waals surface area contributed by atoms with Crippen LogP contribution in [0.5, 0.6) is 34.5 Å². The lowest BCUT2D eigenvalue weighted by Crippen LogP contribution is -2.61. The van der Waals surface area contributed by atoms with Gasteiger partial charge in [-0.1, -0.05) is 0 Å². The maximum absolute atomic E-state index is 13.5. The maximum Gasteiger partial charge on any atom is 0.303 e. The number of aliphatic hydroxyl groups excluding tert-OH is 1. The van der Waals surface area contributed by atoms with Crippen LogP contribution in [0.1, 0.15) is 20.8 Å². The van der Waals surface area contributed by atoms with Gasteiger partial charge in [-0.05, 0) is 19.1 Å². The van der Waals surface area contributed by atoms with Crippen molar-refractivity contribution in [3.05, 3.63) is 34.5 Å². The predicted molar refractivity (Wildman–Crippen MR) is 128 cm³/mol. The first-order valence-electron chi connectivity index (χ1n) is 11.4. The van der Waals surface area contributed by atoms with Gasteiger partial charge in [-0.25, -0.2) is 0 Å². The molecule has 4 rings (SSSR count). The number of phenols is 5. The van der Waals surface area contributed by atoms with Gasteiger partial charge in [0.2, 0.25) is 17.5 Å². The minimum Gasteiger partial charge on any atom is -0.508 e. The van der Waals surface area contributed by atoms with Gasteiger partial charge in [-0.2, -0.15) is 0 Å². The van der Waals surface area contributed by atoms with Gasteiger partial charge < -0.3 is 54.0 Å². The van der Waals surface area contributed by atoms with E-state index in [-0.39, 0.29) is 11.1 Å². The quantitative estimate of drug-likeness (QED) is 0.196. The Labute approximate surface area is 218 Å². The van der Waals surface area contributed by atoms with Gasteiger partial charge in [0.15, 0.2) is 41.3 Å². The number of hydrogen-bond donors (Lipinski definition) is 6. The van der Waals surface area contributed by atoms with Gasteiger partial charge in [0, 0.05) is 31.5 Å². The Morgan fingerprint density at radius 1 is 0.872 bits per heavy atom. The third kappa shape index (κ3) is 5.19. The van der Waals surface area contributed by atoms with Gasteiger partial charge >= 0.3 is 11.9 Å². The molecule has 1 aromatic heterocycles. The summed E-state index contributed by atoms with van der Waals surface area (Å²) in [6.45, 7) is 3.60. The molecule has 2 heterocycles. The first kappa shape index (κ1) is 27.3. The summed E-state index contributed by atoms with van der Waals surface area (Å²) < 4.78 is 27.4. The molecule has 6 N–H and O–H groups in total. The lowest BCUT2D eigenvalue weighted by atomic mass is 9.99. The van der Waals surface area contributed by atoms with Crippen molar-refractivity contribution < 1.29 is 63.6 Å². The van der Waals surface area contributed by atoms with E-state index in [1.54, 1.807) is 0 Å². The number of hydrogen-bond acceptors (Lipinski definition) is 14. The molecule has 5 atom stereocenters. The van der Waals surface area contributed by atoms with E-state index in [9.17, 15) is 45.0 Å². The zero-order valence-corrected chi connectivity index (χ0v) is 20.6. The van der Waals surface area contributed by atoms with Gasteiger partial charge in [0.25, 0.3) is 0 Å². The van der Waals surface area contributed by atoms with E-state index in [2.05, 4.69) is 0 Å². The fourth-order valence-corrected chi connectivity index (χ4v) is 4.18. The van der Waals surface area contributed by atoms with Crippen molar-refractivity contribution in [1.82, 2.24) is 0 Å². The second-order valence-corrected chi connectivity index (χ2v) is 8.76. The smallest absolute Gasteiger partial charge is 0.303 e. The molecule has 0 saturated carbocycles. The molecule has 0 amide bonds. The number of rotatable bonds is 5. The predicted octanol–water partition coefficient (Wildman–Crippen LogP) is 1.34. The molecule has 0 unspecified atom stereocenters. The van der Waals surface area contributed by atoms with Crippen LogP contribution in [-0.2, 0) is 23.8 Å². The molecule has 208 valence electrons. The van der Waals surface area contributed by atoms with Gasteiger partial charge in [0.1, 0.15) is 22.5 Å². The monoisotopic (exact) mass is 548 g/mol. The fraction of sp³-hybridized carbons (Fsp3) is 0.320. The molecular formula is C25H24O14. The Balaban J connectivity index is 1.88. The molecule has 0 spiro atoms. The normalized spacial score (nSPS) is 22.8. The molecule has 14 heteroatoms. The number of carbonyl (C=O) groups excluding carboxylic acids is 2. The third-order valence-electron chi connectivity index (χ3n) is 5.84. The van der Waals surface area contributed by atoms with Crippen LogP contribution in [0.25, 0.3) is 22.3 Å². The lowest BCUT2D eigenvalue weighted by Gasteiger charge is -2.41. The molecule has 3 aromatic rings. The summed E-state index contributed by atoms with van der Waals surface area (Å²) >= 11 is 0. The van der Waals surface area contributed by atoms with E-state index >= 15 is 0 Å². The number of phenolic OH excluding ortho intramolecular Hbond substituents is 5. The minimum absolute atomic E-state index is 0.202. The lowest BCUT2D eigenvalue weighted by molar-refractivity contribution is -0.276. The van der Waals surface area contributed by atoms with Gasteiger partial charge in [-0.3, -0.25) is 14.4 Å². The van der Waals surface area contributed by atoms with Crippen LogP contribution in [0.4, 0.5) is 0 Å². The van der Waals surface area contributed by atoms with E-state index in [0.29, 0.717) is 0 Å². The molecule has 0 radical (unpaired) electrons. The zero-order chi connectivity index (χ0) is 28.8.